The fourth-order valence-electron chi connectivity index (χ4n) is 1.87. The molecule has 0 saturated carbocycles. The van der Waals surface area contributed by atoms with Crippen LogP contribution in [0.15, 0.2) is 48.7 Å². The van der Waals surface area contributed by atoms with Crippen LogP contribution < -0.4 is 10.1 Å². The molecule has 0 bridgehead atoms. The molecule has 94 valence electrons. The highest BCUT2D eigenvalue weighted by molar-refractivity contribution is 5.40. The standard InChI is InChI=1S/C15H18N2O/c1-3-14(12-7-5-4-6-8-12)17-15-10-9-13(18-2)11-16-15/h4-11,14H,3H2,1-2H3,(H,16,17). The van der Waals surface area contributed by atoms with E-state index >= 15 is 0 Å². The molecule has 0 aliphatic rings. The van der Waals surface area contributed by atoms with Crippen LogP contribution in [0.2, 0.25) is 0 Å². The molecule has 0 aliphatic heterocycles. The average molecular weight is 242 g/mol. The van der Waals surface area contributed by atoms with Crippen LogP contribution in [-0.4, -0.2) is 12.1 Å². The van der Waals surface area contributed by atoms with Crippen LogP contribution in [0.3, 0.4) is 0 Å². The minimum Gasteiger partial charge on any atom is -0.495 e. The summed E-state index contributed by atoms with van der Waals surface area (Å²) < 4.78 is 5.09. The highest BCUT2D eigenvalue weighted by Gasteiger charge is 2.08. The van der Waals surface area contributed by atoms with Gasteiger partial charge in [-0.3, -0.25) is 0 Å². The molecule has 1 atom stereocenters. The molecule has 0 spiro atoms. The second-order valence-corrected chi connectivity index (χ2v) is 4.10. The molecular formula is C15H18N2O. The summed E-state index contributed by atoms with van der Waals surface area (Å²) in [4.78, 5) is 4.33. The molecule has 0 fully saturated rings. The van der Waals surface area contributed by atoms with Crippen LogP contribution in [0.25, 0.3) is 0 Å². The molecule has 0 saturated heterocycles. The lowest BCUT2D eigenvalue weighted by atomic mass is 10.0. The lowest BCUT2D eigenvalue weighted by molar-refractivity contribution is 0.413. The van der Waals surface area contributed by atoms with Gasteiger partial charge in [-0.05, 0) is 24.1 Å². The molecule has 3 heteroatoms. The Hall–Kier alpha value is -2.03. The molecule has 3 nitrogen and oxygen atoms in total. The Morgan fingerprint density at radius 1 is 1.17 bits per heavy atom. The minimum atomic E-state index is 0.284. The zero-order chi connectivity index (χ0) is 12.8. The molecule has 18 heavy (non-hydrogen) atoms. The molecule has 1 aromatic heterocycles. The van der Waals surface area contributed by atoms with Gasteiger partial charge in [0.2, 0.25) is 0 Å². The van der Waals surface area contributed by atoms with E-state index in [2.05, 4.69) is 41.5 Å². The van der Waals surface area contributed by atoms with Crippen LogP contribution in [-0.2, 0) is 0 Å². The Labute approximate surface area is 108 Å². The monoisotopic (exact) mass is 242 g/mol. The van der Waals surface area contributed by atoms with E-state index in [9.17, 15) is 0 Å². The number of anilines is 1. The minimum absolute atomic E-state index is 0.284. The van der Waals surface area contributed by atoms with E-state index in [4.69, 9.17) is 4.74 Å². The van der Waals surface area contributed by atoms with E-state index in [-0.39, 0.29) is 6.04 Å². The summed E-state index contributed by atoms with van der Waals surface area (Å²) >= 11 is 0. The molecule has 1 aromatic carbocycles. The average Bonchev–Trinajstić information content (AvgIpc) is 2.46. The number of pyridine rings is 1. The van der Waals surface area contributed by atoms with E-state index in [1.165, 1.54) is 5.56 Å². The van der Waals surface area contributed by atoms with Crippen molar-refractivity contribution in [2.24, 2.45) is 0 Å². The quantitative estimate of drug-likeness (QED) is 0.869. The van der Waals surface area contributed by atoms with Gasteiger partial charge in [0.15, 0.2) is 0 Å². The Kier molecular flexibility index (Phi) is 4.18. The number of methoxy groups -OCH3 is 1. The van der Waals surface area contributed by atoms with Crippen molar-refractivity contribution < 1.29 is 4.74 Å². The number of hydrogen-bond acceptors (Lipinski definition) is 3. The van der Waals surface area contributed by atoms with Gasteiger partial charge in [-0.1, -0.05) is 37.3 Å². The van der Waals surface area contributed by atoms with Crippen molar-refractivity contribution in [1.82, 2.24) is 4.98 Å². The maximum Gasteiger partial charge on any atom is 0.137 e. The lowest BCUT2D eigenvalue weighted by Crippen LogP contribution is -2.10. The van der Waals surface area contributed by atoms with Gasteiger partial charge in [-0.2, -0.15) is 0 Å². The van der Waals surface area contributed by atoms with Crippen LogP contribution >= 0.6 is 0 Å². The Balaban J connectivity index is 2.10. The summed E-state index contributed by atoms with van der Waals surface area (Å²) in [6, 6.07) is 14.5. The zero-order valence-corrected chi connectivity index (χ0v) is 10.8. The summed E-state index contributed by atoms with van der Waals surface area (Å²) in [5, 5.41) is 3.43. The summed E-state index contributed by atoms with van der Waals surface area (Å²) in [5.74, 6) is 1.64. The molecule has 2 rings (SSSR count). The van der Waals surface area contributed by atoms with Crippen LogP contribution in [0.1, 0.15) is 24.9 Å². The SMILES string of the molecule is CCC(Nc1ccc(OC)cn1)c1ccccc1. The van der Waals surface area contributed by atoms with Crippen molar-refractivity contribution in [1.29, 1.82) is 0 Å². The first-order valence-electron chi connectivity index (χ1n) is 6.15. The second kappa shape index (κ2) is 6.05. The van der Waals surface area contributed by atoms with Gasteiger partial charge >= 0.3 is 0 Å². The van der Waals surface area contributed by atoms with Crippen molar-refractivity contribution in [3.05, 3.63) is 54.2 Å². The van der Waals surface area contributed by atoms with Crippen molar-refractivity contribution in [3.8, 4) is 5.75 Å². The molecule has 0 aliphatic carbocycles. The summed E-state index contributed by atoms with van der Waals surface area (Å²) in [6.07, 6.45) is 2.73. The summed E-state index contributed by atoms with van der Waals surface area (Å²) in [5.41, 5.74) is 1.28. The number of nitrogens with one attached hydrogen (secondary N) is 1. The van der Waals surface area contributed by atoms with Crippen molar-refractivity contribution in [3.63, 3.8) is 0 Å². The molecule has 2 aromatic rings. The van der Waals surface area contributed by atoms with E-state index in [0.29, 0.717) is 0 Å². The van der Waals surface area contributed by atoms with Crippen molar-refractivity contribution >= 4 is 5.82 Å². The van der Waals surface area contributed by atoms with Crippen LogP contribution in [0.5, 0.6) is 5.75 Å². The molecule has 1 heterocycles. The first-order valence-corrected chi connectivity index (χ1v) is 6.15. The summed E-state index contributed by atoms with van der Waals surface area (Å²) in [7, 11) is 1.64. The maximum absolute atomic E-state index is 5.09. The zero-order valence-electron chi connectivity index (χ0n) is 10.8. The van der Waals surface area contributed by atoms with Crippen LogP contribution in [0, 0.1) is 0 Å². The fraction of sp³-hybridized carbons (Fsp3) is 0.267. The number of hydrogen-bond donors (Lipinski definition) is 1. The Morgan fingerprint density at radius 2 is 1.94 bits per heavy atom. The van der Waals surface area contributed by atoms with E-state index < -0.39 is 0 Å². The first kappa shape index (κ1) is 12.4. The van der Waals surface area contributed by atoms with Gasteiger partial charge < -0.3 is 10.1 Å². The predicted octanol–water partition coefficient (Wildman–Crippen LogP) is 3.65. The fourth-order valence-corrected chi connectivity index (χ4v) is 1.87. The maximum atomic E-state index is 5.09. The highest BCUT2D eigenvalue weighted by atomic mass is 16.5. The smallest absolute Gasteiger partial charge is 0.137 e. The number of ether oxygens (including phenoxy) is 1. The van der Waals surface area contributed by atoms with E-state index in [0.717, 1.165) is 18.0 Å². The number of nitrogens with zero attached hydrogens (tertiary/aromatic N) is 1. The topological polar surface area (TPSA) is 34.1 Å². The predicted molar refractivity (Wildman–Crippen MR) is 73.9 cm³/mol. The Morgan fingerprint density at radius 3 is 2.50 bits per heavy atom. The van der Waals surface area contributed by atoms with Gasteiger partial charge in [0, 0.05) is 0 Å². The van der Waals surface area contributed by atoms with Gasteiger partial charge in [0.25, 0.3) is 0 Å². The largest absolute Gasteiger partial charge is 0.495 e. The van der Waals surface area contributed by atoms with Crippen molar-refractivity contribution in [2.75, 3.05) is 12.4 Å². The third-order valence-electron chi connectivity index (χ3n) is 2.90. The Bertz CT molecular complexity index is 468. The number of aromatic nitrogens is 1. The molecule has 0 amide bonds. The summed E-state index contributed by atoms with van der Waals surface area (Å²) in [6.45, 7) is 2.16. The van der Waals surface area contributed by atoms with Gasteiger partial charge in [-0.25, -0.2) is 4.98 Å². The first-order chi connectivity index (χ1) is 8.83. The molecule has 0 radical (unpaired) electrons. The number of benzene rings is 1. The molecular weight excluding hydrogens is 224 g/mol. The molecule has 1 N–H and O–H groups in total. The van der Waals surface area contributed by atoms with E-state index in [1.807, 2.05) is 18.2 Å². The van der Waals surface area contributed by atoms with Gasteiger partial charge in [0.05, 0.1) is 19.3 Å². The van der Waals surface area contributed by atoms with Gasteiger partial charge in [-0.15, -0.1) is 0 Å². The normalized spacial score (nSPS) is 11.9. The third-order valence-corrected chi connectivity index (χ3v) is 2.90. The number of rotatable bonds is 5. The highest BCUT2D eigenvalue weighted by Crippen LogP contribution is 2.22. The van der Waals surface area contributed by atoms with E-state index in [1.54, 1.807) is 13.3 Å². The molecule has 1 unspecified atom stereocenters. The van der Waals surface area contributed by atoms with Crippen LogP contribution in [0.4, 0.5) is 5.82 Å². The second-order valence-electron chi connectivity index (χ2n) is 4.10. The van der Waals surface area contributed by atoms with Gasteiger partial charge in [0.1, 0.15) is 11.6 Å². The van der Waals surface area contributed by atoms with Crippen molar-refractivity contribution in [2.45, 2.75) is 19.4 Å². The lowest BCUT2D eigenvalue weighted by Gasteiger charge is -2.18. The third kappa shape index (κ3) is 3.00.